The molecule has 13 heteroatoms. The number of methoxy groups -OCH3 is 1. The van der Waals surface area contributed by atoms with Gasteiger partial charge in [-0.2, -0.15) is 5.26 Å². The summed E-state index contributed by atoms with van der Waals surface area (Å²) in [6.45, 7) is 6.95. The predicted molar refractivity (Wildman–Crippen MR) is 146 cm³/mol. The van der Waals surface area contributed by atoms with Crippen LogP contribution in [0.2, 0.25) is 0 Å². The molecule has 2 atom stereocenters. The first-order chi connectivity index (χ1) is 18.4. The summed E-state index contributed by atoms with van der Waals surface area (Å²) < 4.78 is 11.0. The Morgan fingerprint density at radius 3 is 2.67 bits per heavy atom. The van der Waals surface area contributed by atoms with E-state index in [0.717, 1.165) is 0 Å². The number of hydrogen-bond acceptors (Lipinski definition) is 11. The van der Waals surface area contributed by atoms with Gasteiger partial charge in [0.05, 0.1) is 24.5 Å². The number of anilines is 2. The molecule has 0 aliphatic carbocycles. The molecule has 4 heterocycles. The zero-order chi connectivity index (χ0) is 28.5. The number of likely N-dealkylation sites (N-methyl/N-ethyl adjacent to an activating group) is 1. The number of nitriles is 1. The number of ether oxygens (including phenoxy) is 2. The third-order valence-corrected chi connectivity index (χ3v) is 7.11. The second-order valence-electron chi connectivity index (χ2n) is 11.2. The zero-order valence-electron chi connectivity index (χ0n) is 23.3. The third kappa shape index (κ3) is 5.90. The fourth-order valence-electron chi connectivity index (χ4n) is 5.03. The molecule has 0 unspecified atom stereocenters. The van der Waals surface area contributed by atoms with Crippen molar-refractivity contribution in [3.8, 4) is 11.9 Å². The number of nitro groups is 1. The summed E-state index contributed by atoms with van der Waals surface area (Å²) >= 11 is 0. The number of hydrogen-bond donors (Lipinski definition) is 1. The van der Waals surface area contributed by atoms with E-state index in [9.17, 15) is 20.2 Å². The van der Waals surface area contributed by atoms with Gasteiger partial charge in [-0.3, -0.25) is 10.1 Å². The highest BCUT2D eigenvalue weighted by atomic mass is 16.6. The molecule has 2 aromatic heterocycles. The Kier molecular flexibility index (Phi) is 7.96. The topological polar surface area (TPSA) is 150 Å². The minimum atomic E-state index is -0.661. The fourth-order valence-corrected chi connectivity index (χ4v) is 5.03. The van der Waals surface area contributed by atoms with Crippen LogP contribution < -0.4 is 15.0 Å². The summed E-state index contributed by atoms with van der Waals surface area (Å²) in [6, 6.07) is 3.49. The van der Waals surface area contributed by atoms with E-state index >= 15 is 0 Å². The Balaban J connectivity index is 1.71. The van der Waals surface area contributed by atoms with Crippen molar-refractivity contribution in [1.29, 1.82) is 5.26 Å². The number of fused-ring (bicyclic) bond motifs is 1. The van der Waals surface area contributed by atoms with Crippen LogP contribution in [-0.2, 0) is 4.74 Å². The summed E-state index contributed by atoms with van der Waals surface area (Å²) in [7, 11) is 5.44. The van der Waals surface area contributed by atoms with Gasteiger partial charge in [0.1, 0.15) is 16.8 Å². The Labute approximate surface area is 227 Å². The highest BCUT2D eigenvalue weighted by molar-refractivity contribution is 6.01. The van der Waals surface area contributed by atoms with Crippen LogP contribution in [0.4, 0.5) is 22.0 Å². The van der Waals surface area contributed by atoms with Crippen LogP contribution in [0, 0.1) is 21.4 Å². The average molecular weight is 541 g/mol. The molecule has 2 saturated heterocycles. The van der Waals surface area contributed by atoms with E-state index in [4.69, 9.17) is 9.47 Å². The smallest absolute Gasteiger partial charge is 0.410 e. The van der Waals surface area contributed by atoms with Crippen LogP contribution in [0.1, 0.15) is 40.0 Å². The Morgan fingerprint density at radius 1 is 1.36 bits per heavy atom. The van der Waals surface area contributed by atoms with E-state index in [0.29, 0.717) is 49.1 Å². The van der Waals surface area contributed by atoms with E-state index in [1.54, 1.807) is 31.7 Å². The molecule has 1 N–H and O–H groups in total. The summed E-state index contributed by atoms with van der Waals surface area (Å²) in [5.41, 5.74) is -0.0118. The van der Waals surface area contributed by atoms with Crippen molar-refractivity contribution in [2.75, 3.05) is 51.1 Å². The number of carbonyl (C=O) groups is 1. The molecule has 0 aromatic carbocycles. The zero-order valence-corrected chi connectivity index (χ0v) is 23.3. The lowest BCUT2D eigenvalue weighted by molar-refractivity contribution is -0.383. The number of pyridine rings is 2. The lowest BCUT2D eigenvalue weighted by atomic mass is 9.95. The molecular weight excluding hydrogens is 504 g/mol. The fraction of sp³-hybridized carbons (Fsp3) is 0.615. The molecule has 2 aromatic rings. The van der Waals surface area contributed by atoms with Gasteiger partial charge in [-0.15, -0.1) is 0 Å². The maximum absolute atomic E-state index is 12.8. The maximum atomic E-state index is 12.8. The number of nitrogens with zero attached hydrogens (tertiary/aromatic N) is 7. The van der Waals surface area contributed by atoms with Crippen molar-refractivity contribution in [2.45, 2.75) is 63.8 Å². The number of aromatic nitrogens is 2. The van der Waals surface area contributed by atoms with Crippen molar-refractivity contribution in [3.05, 3.63) is 22.4 Å². The first-order valence-corrected chi connectivity index (χ1v) is 13.0. The number of piperidine rings is 1. The number of likely N-dealkylation sites (tertiary alicyclic amines) is 1. The molecule has 2 aliphatic heterocycles. The van der Waals surface area contributed by atoms with Gasteiger partial charge in [-0.25, -0.2) is 14.8 Å². The Hall–Kier alpha value is -3.92. The molecule has 2 aliphatic rings. The molecular formula is C26H36N8O5. The molecule has 0 bridgehead atoms. The van der Waals surface area contributed by atoms with Gasteiger partial charge < -0.3 is 29.5 Å². The van der Waals surface area contributed by atoms with Crippen LogP contribution in [0.15, 0.2) is 12.3 Å². The van der Waals surface area contributed by atoms with Crippen molar-refractivity contribution in [2.24, 2.45) is 0 Å². The minimum Gasteiger partial charge on any atom is -0.479 e. The average Bonchev–Trinajstić information content (AvgIpc) is 2.81. The van der Waals surface area contributed by atoms with Gasteiger partial charge in [-0.05, 0) is 53.8 Å². The lowest BCUT2D eigenvalue weighted by Crippen LogP contribution is -2.57. The normalized spacial score (nSPS) is 19.9. The SMILES string of the molecule is COc1nccc2c(N[C@H]3CCN(C(=O)OC(C)(C)C)[C@H](CC#N)C3)c([N+](=O)[O-])c(N3CC(N(C)C)C3)nc12. The van der Waals surface area contributed by atoms with Gasteiger partial charge in [0.15, 0.2) is 0 Å². The van der Waals surface area contributed by atoms with Gasteiger partial charge in [0.2, 0.25) is 11.7 Å². The predicted octanol–water partition coefficient (Wildman–Crippen LogP) is 3.39. The van der Waals surface area contributed by atoms with Crippen LogP contribution in [-0.4, -0.2) is 95.4 Å². The van der Waals surface area contributed by atoms with Gasteiger partial charge in [-0.1, -0.05) is 0 Å². The number of carbonyl (C=O) groups excluding carboxylic acids is 1. The molecule has 13 nitrogen and oxygen atoms in total. The number of nitrogens with one attached hydrogen (secondary N) is 1. The highest BCUT2D eigenvalue weighted by Crippen LogP contribution is 2.43. The second-order valence-corrected chi connectivity index (χ2v) is 11.2. The maximum Gasteiger partial charge on any atom is 0.410 e. The molecule has 0 radical (unpaired) electrons. The molecule has 210 valence electrons. The number of amides is 1. The Bertz CT molecular complexity index is 1280. The molecule has 1 amide bonds. The van der Waals surface area contributed by atoms with E-state index < -0.39 is 22.7 Å². The first kappa shape index (κ1) is 28.1. The molecule has 2 fully saturated rings. The van der Waals surface area contributed by atoms with Crippen molar-refractivity contribution >= 4 is 34.2 Å². The van der Waals surface area contributed by atoms with Gasteiger partial charge in [0, 0.05) is 49.3 Å². The van der Waals surface area contributed by atoms with Gasteiger partial charge >= 0.3 is 11.8 Å². The van der Waals surface area contributed by atoms with Gasteiger partial charge in [0.25, 0.3) is 0 Å². The highest BCUT2D eigenvalue weighted by Gasteiger charge is 2.39. The van der Waals surface area contributed by atoms with E-state index in [2.05, 4.69) is 26.3 Å². The van der Waals surface area contributed by atoms with Crippen LogP contribution in [0.25, 0.3) is 10.9 Å². The summed E-state index contributed by atoms with van der Waals surface area (Å²) in [5, 5.41) is 25.9. The van der Waals surface area contributed by atoms with Crippen molar-refractivity contribution in [1.82, 2.24) is 19.8 Å². The standard InChI is InChI=1S/C26H36N8O5/c1-26(2,3)39-25(35)33-12-9-16(13-17(33)7-10-27)29-20-19-8-11-28-24(38-6)21(19)30-23(22(20)34(36)37)32-14-18(15-32)31(4)5/h8,11,16-18H,7,9,12-15H2,1-6H3,(H,29,30)/t16-,17+/m0/s1. The third-order valence-electron chi connectivity index (χ3n) is 7.11. The molecule has 0 saturated carbocycles. The van der Waals surface area contributed by atoms with Crippen LogP contribution >= 0.6 is 0 Å². The van der Waals surface area contributed by atoms with E-state index in [-0.39, 0.29) is 35.9 Å². The van der Waals surface area contributed by atoms with Crippen molar-refractivity contribution < 1.29 is 19.2 Å². The summed E-state index contributed by atoms with van der Waals surface area (Å²) in [6.07, 6.45) is 2.14. The van der Waals surface area contributed by atoms with Crippen molar-refractivity contribution in [3.63, 3.8) is 0 Å². The number of rotatable bonds is 7. The quantitative estimate of drug-likeness (QED) is 0.406. The minimum absolute atomic E-state index is 0.112. The first-order valence-electron chi connectivity index (χ1n) is 13.0. The molecule has 4 rings (SSSR count). The summed E-state index contributed by atoms with van der Waals surface area (Å²) in [4.78, 5) is 39.5. The lowest BCUT2D eigenvalue weighted by Gasteiger charge is -2.43. The summed E-state index contributed by atoms with van der Waals surface area (Å²) in [5.74, 6) is 0.539. The monoisotopic (exact) mass is 540 g/mol. The molecule has 0 spiro atoms. The second kappa shape index (κ2) is 11.1. The van der Waals surface area contributed by atoms with E-state index in [1.165, 1.54) is 13.3 Å². The molecule has 39 heavy (non-hydrogen) atoms. The van der Waals surface area contributed by atoms with E-state index in [1.807, 2.05) is 19.0 Å². The van der Waals surface area contributed by atoms with Crippen LogP contribution in [0.5, 0.6) is 5.88 Å². The largest absolute Gasteiger partial charge is 0.479 e. The van der Waals surface area contributed by atoms with Crippen LogP contribution in [0.3, 0.4) is 0 Å². The Morgan fingerprint density at radius 2 is 2.08 bits per heavy atom.